The van der Waals surface area contributed by atoms with Crippen LogP contribution in [0.5, 0.6) is 5.19 Å². The molecule has 146 valence electrons. The molecule has 2 heterocycles. The van der Waals surface area contributed by atoms with Crippen LogP contribution < -0.4 is 10.1 Å². The molecule has 2 aromatic carbocycles. The van der Waals surface area contributed by atoms with Gasteiger partial charge in [0.25, 0.3) is 5.19 Å². The van der Waals surface area contributed by atoms with Gasteiger partial charge in [-0.05, 0) is 49.2 Å². The van der Waals surface area contributed by atoms with Gasteiger partial charge in [-0.25, -0.2) is 9.18 Å². The van der Waals surface area contributed by atoms with E-state index in [4.69, 9.17) is 4.74 Å². The fourth-order valence-corrected chi connectivity index (χ4v) is 4.18. The number of likely N-dealkylation sites (tertiary alicyclic amines) is 1. The Labute approximate surface area is 167 Å². The molecule has 1 aromatic heterocycles. The molecule has 0 radical (unpaired) electrons. The van der Waals surface area contributed by atoms with E-state index in [0.717, 1.165) is 28.8 Å². The van der Waals surface area contributed by atoms with Gasteiger partial charge in [0.2, 0.25) is 0 Å². The molecule has 0 unspecified atom stereocenters. The third-order valence-corrected chi connectivity index (χ3v) is 6.02. The van der Waals surface area contributed by atoms with E-state index < -0.39 is 0 Å². The molecule has 0 aliphatic carbocycles. The predicted octanol–water partition coefficient (Wildman–Crippen LogP) is 5.13. The Morgan fingerprint density at radius 1 is 1.21 bits per heavy atom. The van der Waals surface area contributed by atoms with E-state index in [1.54, 1.807) is 11.0 Å². The Morgan fingerprint density at radius 2 is 2.00 bits per heavy atom. The number of anilines is 1. The summed E-state index contributed by atoms with van der Waals surface area (Å²) >= 11 is 1.35. The Kier molecular flexibility index (Phi) is 5.17. The number of amides is 2. The summed E-state index contributed by atoms with van der Waals surface area (Å²) in [5.41, 5.74) is 3.51. The molecule has 0 saturated carbocycles. The van der Waals surface area contributed by atoms with Gasteiger partial charge >= 0.3 is 6.03 Å². The SMILES string of the molecule is Cc1ccc(NC(=O)N2CCC(Oc3nc4c(F)cccc4s3)CC2)cc1C. The van der Waals surface area contributed by atoms with Crippen molar-refractivity contribution < 1.29 is 13.9 Å². The van der Waals surface area contributed by atoms with Crippen LogP contribution in [0.2, 0.25) is 0 Å². The number of piperidine rings is 1. The van der Waals surface area contributed by atoms with E-state index in [0.29, 0.717) is 23.8 Å². The molecule has 1 N–H and O–H groups in total. The third kappa shape index (κ3) is 3.94. The first kappa shape index (κ1) is 18.7. The van der Waals surface area contributed by atoms with Crippen LogP contribution in [-0.2, 0) is 0 Å². The predicted molar refractivity (Wildman–Crippen MR) is 110 cm³/mol. The van der Waals surface area contributed by atoms with Gasteiger partial charge in [0.1, 0.15) is 17.4 Å². The number of aromatic nitrogens is 1. The van der Waals surface area contributed by atoms with Gasteiger partial charge in [-0.3, -0.25) is 0 Å². The molecule has 1 aliphatic heterocycles. The quantitative estimate of drug-likeness (QED) is 0.664. The summed E-state index contributed by atoms with van der Waals surface area (Å²) in [6, 6.07) is 10.7. The molecule has 0 atom stereocenters. The van der Waals surface area contributed by atoms with Gasteiger partial charge in [-0.2, -0.15) is 4.98 Å². The van der Waals surface area contributed by atoms with E-state index in [9.17, 15) is 9.18 Å². The first-order chi connectivity index (χ1) is 13.5. The highest BCUT2D eigenvalue weighted by molar-refractivity contribution is 7.20. The molecule has 0 bridgehead atoms. The number of carbonyl (C=O) groups excluding carboxylic acids is 1. The Morgan fingerprint density at radius 3 is 2.71 bits per heavy atom. The van der Waals surface area contributed by atoms with Crippen molar-refractivity contribution in [3.05, 3.63) is 53.3 Å². The van der Waals surface area contributed by atoms with Gasteiger partial charge in [0.05, 0.1) is 4.70 Å². The fraction of sp³-hybridized carbons (Fsp3) is 0.333. The summed E-state index contributed by atoms with van der Waals surface area (Å²) < 4.78 is 20.5. The molecule has 28 heavy (non-hydrogen) atoms. The lowest BCUT2D eigenvalue weighted by Crippen LogP contribution is -2.43. The largest absolute Gasteiger partial charge is 0.467 e. The number of halogens is 1. The van der Waals surface area contributed by atoms with Gasteiger partial charge in [-0.1, -0.05) is 23.5 Å². The molecular weight excluding hydrogens is 377 g/mol. The van der Waals surface area contributed by atoms with Crippen molar-refractivity contribution in [2.24, 2.45) is 0 Å². The zero-order chi connectivity index (χ0) is 19.7. The zero-order valence-electron chi connectivity index (χ0n) is 15.9. The Bertz CT molecular complexity index is 1010. The lowest BCUT2D eigenvalue weighted by Gasteiger charge is -2.31. The second-order valence-electron chi connectivity index (χ2n) is 7.10. The van der Waals surface area contributed by atoms with Crippen molar-refractivity contribution in [2.75, 3.05) is 18.4 Å². The summed E-state index contributed by atoms with van der Waals surface area (Å²) in [4.78, 5) is 18.6. The molecular formula is C21H22FN3O2S. The van der Waals surface area contributed by atoms with Crippen molar-refractivity contribution in [2.45, 2.75) is 32.8 Å². The first-order valence-corrected chi connectivity index (χ1v) is 10.2. The van der Waals surface area contributed by atoms with E-state index in [2.05, 4.69) is 10.3 Å². The average molecular weight is 399 g/mol. The van der Waals surface area contributed by atoms with Crippen LogP contribution in [0.1, 0.15) is 24.0 Å². The number of carbonyl (C=O) groups is 1. The van der Waals surface area contributed by atoms with Crippen LogP contribution in [0.3, 0.4) is 0 Å². The molecule has 1 saturated heterocycles. The number of aryl methyl sites for hydroxylation is 2. The monoisotopic (exact) mass is 399 g/mol. The van der Waals surface area contributed by atoms with Crippen LogP contribution in [0.15, 0.2) is 36.4 Å². The van der Waals surface area contributed by atoms with Crippen LogP contribution >= 0.6 is 11.3 Å². The van der Waals surface area contributed by atoms with Crippen molar-refractivity contribution in [3.63, 3.8) is 0 Å². The van der Waals surface area contributed by atoms with Crippen LogP contribution in [0, 0.1) is 19.7 Å². The minimum Gasteiger partial charge on any atom is -0.467 e. The minimum absolute atomic E-state index is 0.0192. The molecule has 7 heteroatoms. The number of hydrogen-bond donors (Lipinski definition) is 1. The summed E-state index contributed by atoms with van der Waals surface area (Å²) in [6.45, 7) is 5.30. The lowest BCUT2D eigenvalue weighted by atomic mass is 10.1. The summed E-state index contributed by atoms with van der Waals surface area (Å²) in [7, 11) is 0. The lowest BCUT2D eigenvalue weighted by molar-refractivity contribution is 0.115. The smallest absolute Gasteiger partial charge is 0.321 e. The average Bonchev–Trinajstić information content (AvgIpc) is 3.09. The molecule has 2 amide bonds. The van der Waals surface area contributed by atoms with E-state index in [1.807, 2.05) is 38.1 Å². The van der Waals surface area contributed by atoms with Crippen molar-refractivity contribution in [1.29, 1.82) is 0 Å². The van der Waals surface area contributed by atoms with Crippen LogP contribution in [0.25, 0.3) is 10.2 Å². The number of urea groups is 1. The van der Waals surface area contributed by atoms with Gasteiger partial charge in [-0.15, -0.1) is 0 Å². The number of ether oxygens (including phenoxy) is 1. The Hall–Kier alpha value is -2.67. The number of para-hydroxylation sites is 1. The maximum Gasteiger partial charge on any atom is 0.321 e. The van der Waals surface area contributed by atoms with Gasteiger partial charge in [0.15, 0.2) is 0 Å². The number of nitrogens with one attached hydrogen (secondary N) is 1. The zero-order valence-corrected chi connectivity index (χ0v) is 16.7. The van der Waals surface area contributed by atoms with Gasteiger partial charge in [0, 0.05) is 31.6 Å². The van der Waals surface area contributed by atoms with Crippen LogP contribution in [0.4, 0.5) is 14.9 Å². The van der Waals surface area contributed by atoms with E-state index in [-0.39, 0.29) is 18.0 Å². The fourth-order valence-electron chi connectivity index (χ4n) is 3.29. The van der Waals surface area contributed by atoms with Crippen molar-refractivity contribution in [1.82, 2.24) is 9.88 Å². The van der Waals surface area contributed by atoms with Crippen molar-refractivity contribution >= 4 is 33.3 Å². The number of thiazole rings is 1. The highest BCUT2D eigenvalue weighted by Crippen LogP contribution is 2.31. The standard InChI is InChI=1S/C21H22FN3O2S/c1-13-6-7-15(12-14(13)2)23-20(26)25-10-8-16(9-11-25)27-21-24-19-17(22)4-3-5-18(19)28-21/h3-7,12,16H,8-11H2,1-2H3,(H,23,26). The molecule has 5 nitrogen and oxygen atoms in total. The second kappa shape index (κ2) is 7.75. The molecule has 3 aromatic rings. The minimum atomic E-state index is -0.332. The highest BCUT2D eigenvalue weighted by atomic mass is 32.1. The maximum atomic E-state index is 13.8. The van der Waals surface area contributed by atoms with Crippen molar-refractivity contribution in [3.8, 4) is 5.19 Å². The molecule has 1 fully saturated rings. The van der Waals surface area contributed by atoms with Crippen LogP contribution in [-0.4, -0.2) is 35.1 Å². The number of fused-ring (bicyclic) bond motifs is 1. The maximum absolute atomic E-state index is 13.8. The van der Waals surface area contributed by atoms with E-state index in [1.165, 1.54) is 23.0 Å². The normalized spacial score (nSPS) is 15.0. The second-order valence-corrected chi connectivity index (χ2v) is 8.09. The summed E-state index contributed by atoms with van der Waals surface area (Å²) in [5.74, 6) is -0.332. The third-order valence-electron chi connectivity index (χ3n) is 5.10. The number of rotatable bonds is 3. The first-order valence-electron chi connectivity index (χ1n) is 9.34. The Balaban J connectivity index is 1.32. The molecule has 1 aliphatic rings. The molecule has 0 spiro atoms. The van der Waals surface area contributed by atoms with Gasteiger partial charge < -0.3 is 15.0 Å². The number of hydrogen-bond acceptors (Lipinski definition) is 4. The molecule has 4 rings (SSSR count). The van der Waals surface area contributed by atoms with E-state index >= 15 is 0 Å². The number of nitrogens with zero attached hydrogens (tertiary/aromatic N) is 2. The summed E-state index contributed by atoms with van der Waals surface area (Å²) in [6.07, 6.45) is 1.42. The highest BCUT2D eigenvalue weighted by Gasteiger charge is 2.25. The topological polar surface area (TPSA) is 54.5 Å². The summed E-state index contributed by atoms with van der Waals surface area (Å²) in [5, 5.41) is 3.45. The number of benzene rings is 2.